The predicted molar refractivity (Wildman–Crippen MR) is 165 cm³/mol. The van der Waals surface area contributed by atoms with Crippen LogP contribution in [0.5, 0.6) is 11.5 Å². The Labute approximate surface area is 257 Å². The summed E-state index contributed by atoms with van der Waals surface area (Å²) in [4.78, 5) is 17.4. The van der Waals surface area contributed by atoms with Crippen LogP contribution in [-0.2, 0) is 6.42 Å². The highest BCUT2D eigenvalue weighted by Gasteiger charge is 2.31. The maximum atomic E-state index is 11.1. The second kappa shape index (κ2) is 11.0. The van der Waals surface area contributed by atoms with E-state index in [4.69, 9.17) is 9.05 Å². The molecular weight excluding hydrogens is 568 g/mol. The largest absolute Gasteiger partial charge is 0.508 e. The highest BCUT2D eigenvalue weighted by molar-refractivity contribution is 5.83. The van der Waals surface area contributed by atoms with Crippen LogP contribution < -0.4 is 0 Å². The summed E-state index contributed by atoms with van der Waals surface area (Å²) in [5, 5.41) is 30.2. The van der Waals surface area contributed by atoms with Gasteiger partial charge < -0.3 is 19.3 Å². The molecule has 10 nitrogen and oxygen atoms in total. The molecule has 2 atom stereocenters. The molecule has 6 aromatic rings. The lowest BCUT2D eigenvalue weighted by Gasteiger charge is -2.24. The molecule has 0 amide bonds. The Balaban J connectivity index is 1.11. The van der Waals surface area contributed by atoms with Gasteiger partial charge in [0.2, 0.25) is 0 Å². The van der Waals surface area contributed by atoms with E-state index in [-0.39, 0.29) is 23.3 Å². The van der Waals surface area contributed by atoms with Gasteiger partial charge in [-0.3, -0.25) is 19.9 Å². The van der Waals surface area contributed by atoms with Crippen LogP contribution >= 0.6 is 0 Å². The van der Waals surface area contributed by atoms with E-state index < -0.39 is 0 Å². The molecule has 0 aliphatic heterocycles. The van der Waals surface area contributed by atoms with Crippen molar-refractivity contribution < 1.29 is 19.3 Å². The molecule has 0 bridgehead atoms. The van der Waals surface area contributed by atoms with Crippen molar-refractivity contribution in [2.75, 3.05) is 0 Å². The average molecular weight is 595 g/mol. The molecule has 0 saturated carbocycles. The van der Waals surface area contributed by atoms with Gasteiger partial charge in [0.15, 0.2) is 11.5 Å². The molecule has 2 aromatic carbocycles. The molecule has 8 rings (SSSR count). The van der Waals surface area contributed by atoms with E-state index in [1.54, 1.807) is 61.7 Å². The molecule has 0 fully saturated rings. The monoisotopic (exact) mass is 594 g/mol. The number of allylic oxidation sites excluding steroid dienone is 2. The molecule has 4 heterocycles. The molecule has 2 aliphatic rings. The van der Waals surface area contributed by atoms with Crippen molar-refractivity contribution in [2.24, 2.45) is 0 Å². The van der Waals surface area contributed by atoms with Crippen LogP contribution in [0.3, 0.4) is 0 Å². The van der Waals surface area contributed by atoms with Crippen LogP contribution in [0.15, 0.2) is 95.0 Å². The number of aromatic nitrogens is 6. The number of rotatable bonds is 6. The second-order valence-electron chi connectivity index (χ2n) is 11.3. The fourth-order valence-corrected chi connectivity index (χ4v) is 6.41. The van der Waals surface area contributed by atoms with E-state index in [2.05, 4.69) is 30.2 Å². The first kappa shape index (κ1) is 26.7. The highest BCUT2D eigenvalue weighted by atomic mass is 16.5. The Hall–Kier alpha value is -5.90. The molecule has 0 saturated heterocycles. The summed E-state index contributed by atoms with van der Waals surface area (Å²) in [6.07, 6.45) is 19.2. The van der Waals surface area contributed by atoms with E-state index in [0.29, 0.717) is 30.8 Å². The van der Waals surface area contributed by atoms with E-state index in [1.165, 1.54) is 0 Å². The van der Waals surface area contributed by atoms with Crippen molar-refractivity contribution in [3.05, 3.63) is 142 Å². The zero-order valence-corrected chi connectivity index (χ0v) is 23.9. The highest BCUT2D eigenvalue weighted by Crippen LogP contribution is 2.46. The van der Waals surface area contributed by atoms with E-state index in [1.807, 2.05) is 36.4 Å². The third kappa shape index (κ3) is 4.96. The van der Waals surface area contributed by atoms with Crippen molar-refractivity contribution >= 4 is 23.3 Å². The van der Waals surface area contributed by atoms with E-state index in [0.717, 1.165) is 55.9 Å². The zero-order valence-electron chi connectivity index (χ0n) is 23.9. The standard InChI is InChI=1S/C35H26N6O4/c42-32-3-1-20(10-26(32)24-12-22(30-18-36-5-7-38-30)14-34-28(24)16-40-44-34)9-21-2-4-33(43)27(11-21)25-13-23(31-19-37-6-8-39-31)15-35-29(25)17-41-45-35/h1-8,10-11,14-19,24-25,42-43H,9,12-13H2. The van der Waals surface area contributed by atoms with Gasteiger partial charge in [0.05, 0.1) is 36.2 Å². The molecule has 2 unspecified atom stereocenters. The molecule has 220 valence electrons. The quantitative estimate of drug-likeness (QED) is 0.222. The van der Waals surface area contributed by atoms with Crippen LogP contribution in [0, 0.1) is 0 Å². The zero-order chi connectivity index (χ0) is 30.3. The lowest BCUT2D eigenvalue weighted by atomic mass is 9.79. The number of nitrogens with zero attached hydrogens (tertiary/aromatic N) is 6. The Morgan fingerprint density at radius 2 is 1.09 bits per heavy atom. The van der Waals surface area contributed by atoms with Gasteiger partial charge in [0.25, 0.3) is 0 Å². The number of hydrogen-bond donors (Lipinski definition) is 2. The maximum Gasteiger partial charge on any atom is 0.163 e. The lowest BCUT2D eigenvalue weighted by molar-refractivity contribution is 0.410. The molecule has 0 spiro atoms. The molecule has 45 heavy (non-hydrogen) atoms. The normalized spacial score (nSPS) is 17.2. The Bertz CT molecular complexity index is 1930. The van der Waals surface area contributed by atoms with Gasteiger partial charge in [-0.1, -0.05) is 34.6 Å². The number of aromatic hydroxyl groups is 2. The minimum atomic E-state index is -0.177. The number of hydrogen-bond acceptors (Lipinski definition) is 10. The summed E-state index contributed by atoms with van der Waals surface area (Å²) in [6.45, 7) is 0. The van der Waals surface area contributed by atoms with Gasteiger partial charge in [0, 0.05) is 58.9 Å². The van der Waals surface area contributed by atoms with Crippen molar-refractivity contribution in [2.45, 2.75) is 31.1 Å². The summed E-state index contributed by atoms with van der Waals surface area (Å²) < 4.78 is 11.1. The smallest absolute Gasteiger partial charge is 0.163 e. The third-order valence-electron chi connectivity index (χ3n) is 8.59. The lowest BCUT2D eigenvalue weighted by Crippen LogP contribution is -2.09. The van der Waals surface area contributed by atoms with Crippen LogP contribution in [0.25, 0.3) is 23.3 Å². The summed E-state index contributed by atoms with van der Waals surface area (Å²) in [7, 11) is 0. The summed E-state index contributed by atoms with van der Waals surface area (Å²) in [6, 6.07) is 11.4. The molecule has 0 radical (unpaired) electrons. The summed E-state index contributed by atoms with van der Waals surface area (Å²) >= 11 is 0. The van der Waals surface area contributed by atoms with Crippen LogP contribution in [0.4, 0.5) is 0 Å². The minimum Gasteiger partial charge on any atom is -0.508 e. The van der Waals surface area contributed by atoms with Gasteiger partial charge in [0.1, 0.15) is 11.5 Å². The number of phenolic OH excluding ortho intramolecular Hbond substituents is 2. The Morgan fingerprint density at radius 3 is 1.53 bits per heavy atom. The molecular formula is C35H26N6O4. The predicted octanol–water partition coefficient (Wildman–Crippen LogP) is 6.40. The van der Waals surface area contributed by atoms with Crippen LogP contribution in [0.2, 0.25) is 0 Å². The number of benzene rings is 2. The molecule has 10 heteroatoms. The number of fused-ring (bicyclic) bond motifs is 2. The van der Waals surface area contributed by atoms with E-state index >= 15 is 0 Å². The Morgan fingerprint density at radius 1 is 0.600 bits per heavy atom. The second-order valence-corrected chi connectivity index (χ2v) is 11.3. The first-order valence-corrected chi connectivity index (χ1v) is 14.6. The van der Waals surface area contributed by atoms with Crippen molar-refractivity contribution in [3.63, 3.8) is 0 Å². The first-order valence-electron chi connectivity index (χ1n) is 14.6. The summed E-state index contributed by atoms with van der Waals surface area (Å²) in [5.41, 5.74) is 8.86. The maximum absolute atomic E-state index is 11.1. The van der Waals surface area contributed by atoms with Crippen LogP contribution in [0.1, 0.15) is 81.0 Å². The molecule has 2 N–H and O–H groups in total. The first-order chi connectivity index (χ1) is 22.1. The third-order valence-corrected chi connectivity index (χ3v) is 8.59. The van der Waals surface area contributed by atoms with Gasteiger partial charge in [-0.25, -0.2) is 0 Å². The number of phenols is 2. The van der Waals surface area contributed by atoms with Crippen molar-refractivity contribution in [3.8, 4) is 11.5 Å². The van der Waals surface area contributed by atoms with Gasteiger partial charge in [-0.15, -0.1) is 0 Å². The van der Waals surface area contributed by atoms with Gasteiger partial charge in [-0.2, -0.15) is 0 Å². The van der Waals surface area contributed by atoms with Crippen molar-refractivity contribution in [1.82, 2.24) is 30.2 Å². The molecule has 4 aromatic heterocycles. The SMILES string of the molecule is Oc1ccc(Cc2ccc(O)c(C3CC(c4cnccn4)=Cc4oncc43)c2)cc1C1CC(c2cnccn2)=Cc2oncc21. The van der Waals surface area contributed by atoms with Crippen LogP contribution in [-0.4, -0.2) is 40.5 Å². The van der Waals surface area contributed by atoms with Gasteiger partial charge in [-0.05, 0) is 65.8 Å². The summed E-state index contributed by atoms with van der Waals surface area (Å²) in [5.74, 6) is 1.35. The fraction of sp³-hybridized carbons (Fsp3) is 0.143. The average Bonchev–Trinajstić information content (AvgIpc) is 3.77. The molecule has 2 aliphatic carbocycles. The van der Waals surface area contributed by atoms with Crippen molar-refractivity contribution in [1.29, 1.82) is 0 Å². The van der Waals surface area contributed by atoms with E-state index in [9.17, 15) is 10.2 Å². The van der Waals surface area contributed by atoms with Gasteiger partial charge >= 0.3 is 0 Å². The topological polar surface area (TPSA) is 144 Å². The Kier molecular flexibility index (Phi) is 6.52. The fourth-order valence-electron chi connectivity index (χ4n) is 6.41. The minimum absolute atomic E-state index is 0.177.